The SMILES string of the molecule is O=C(OCn1c(=O)ccc2ccc(OCCCCN3CCN(c4cccc5sccc45)CC3)cc21)c1cccnc1. The van der Waals surface area contributed by atoms with Crippen molar-refractivity contribution in [2.45, 2.75) is 19.6 Å². The Morgan fingerprint density at radius 1 is 0.951 bits per heavy atom. The van der Waals surface area contributed by atoms with Crippen LogP contribution in [-0.4, -0.2) is 59.8 Å². The maximum atomic E-state index is 12.6. The van der Waals surface area contributed by atoms with Gasteiger partial charge in [-0.15, -0.1) is 11.3 Å². The van der Waals surface area contributed by atoms with Gasteiger partial charge in [-0.2, -0.15) is 0 Å². The second-order valence-corrected chi connectivity index (χ2v) is 11.1. The fourth-order valence-corrected chi connectivity index (χ4v) is 6.08. The molecule has 1 aliphatic heterocycles. The third-order valence-corrected chi connectivity index (χ3v) is 8.39. The molecule has 0 bridgehead atoms. The first kappa shape index (κ1) is 27.0. The maximum Gasteiger partial charge on any atom is 0.341 e. The summed E-state index contributed by atoms with van der Waals surface area (Å²) in [6, 6.07) is 21.0. The second kappa shape index (κ2) is 12.5. The molecule has 0 aliphatic carbocycles. The molecule has 0 amide bonds. The molecule has 1 saturated heterocycles. The smallest absolute Gasteiger partial charge is 0.341 e. The van der Waals surface area contributed by atoms with Gasteiger partial charge in [0, 0.05) is 66.5 Å². The summed E-state index contributed by atoms with van der Waals surface area (Å²) in [6.45, 7) is 5.68. The summed E-state index contributed by atoms with van der Waals surface area (Å²) in [5, 5.41) is 4.40. The number of rotatable bonds is 10. The molecule has 0 spiro atoms. The van der Waals surface area contributed by atoms with Crippen LogP contribution in [0.2, 0.25) is 0 Å². The quantitative estimate of drug-likeness (QED) is 0.165. The van der Waals surface area contributed by atoms with Crippen LogP contribution in [0.4, 0.5) is 5.69 Å². The van der Waals surface area contributed by atoms with Crippen LogP contribution in [0.5, 0.6) is 5.75 Å². The number of anilines is 1. The Balaban J connectivity index is 0.982. The number of thiophene rings is 1. The highest BCUT2D eigenvalue weighted by Gasteiger charge is 2.18. The van der Waals surface area contributed by atoms with Gasteiger partial charge in [-0.25, -0.2) is 4.79 Å². The molecule has 6 rings (SSSR count). The van der Waals surface area contributed by atoms with Crippen LogP contribution >= 0.6 is 11.3 Å². The predicted octanol–water partition coefficient (Wildman–Crippen LogP) is 5.41. The Bertz CT molecular complexity index is 1690. The highest BCUT2D eigenvalue weighted by molar-refractivity contribution is 7.17. The number of carbonyl (C=O) groups is 1. The lowest BCUT2D eigenvalue weighted by molar-refractivity contribution is 0.0373. The number of esters is 1. The Morgan fingerprint density at radius 2 is 1.83 bits per heavy atom. The van der Waals surface area contributed by atoms with Crippen LogP contribution in [0.15, 0.2) is 89.3 Å². The second-order valence-electron chi connectivity index (χ2n) is 10.1. The van der Waals surface area contributed by atoms with Gasteiger partial charge in [0.05, 0.1) is 17.7 Å². The summed E-state index contributed by atoms with van der Waals surface area (Å²) in [5.74, 6) is 0.155. The van der Waals surface area contributed by atoms with Gasteiger partial charge in [-0.1, -0.05) is 6.07 Å². The minimum absolute atomic E-state index is 0.191. The third-order valence-electron chi connectivity index (χ3n) is 7.51. The summed E-state index contributed by atoms with van der Waals surface area (Å²) in [7, 11) is 0. The number of piperazine rings is 1. The molecule has 5 aromatic rings. The van der Waals surface area contributed by atoms with Crippen molar-refractivity contribution in [1.29, 1.82) is 0 Å². The number of carbonyl (C=O) groups excluding carboxylic acids is 1. The van der Waals surface area contributed by atoms with Crippen LogP contribution < -0.4 is 15.2 Å². The molecule has 0 saturated carbocycles. The number of unbranched alkanes of at least 4 members (excludes halogenated alkanes) is 1. The number of nitrogens with zero attached hydrogens (tertiary/aromatic N) is 4. The first-order valence-corrected chi connectivity index (χ1v) is 14.8. The van der Waals surface area contributed by atoms with E-state index in [0.29, 0.717) is 23.4 Å². The first-order valence-electron chi connectivity index (χ1n) is 13.9. The molecular formula is C32H32N4O4S. The van der Waals surface area contributed by atoms with Crippen LogP contribution in [-0.2, 0) is 11.5 Å². The van der Waals surface area contributed by atoms with Crippen molar-refractivity contribution in [1.82, 2.24) is 14.5 Å². The van der Waals surface area contributed by atoms with Crippen molar-refractivity contribution in [3.05, 3.63) is 100 Å². The number of benzene rings is 2. The molecule has 1 aliphatic rings. The van der Waals surface area contributed by atoms with Gasteiger partial charge in [0.15, 0.2) is 6.73 Å². The number of hydrogen-bond acceptors (Lipinski definition) is 8. The molecule has 2 aromatic carbocycles. The van der Waals surface area contributed by atoms with Gasteiger partial charge in [-0.05, 0) is 78.7 Å². The van der Waals surface area contributed by atoms with Gasteiger partial charge in [0.25, 0.3) is 5.56 Å². The number of fused-ring (bicyclic) bond motifs is 2. The largest absolute Gasteiger partial charge is 0.494 e. The zero-order valence-corrected chi connectivity index (χ0v) is 23.6. The highest BCUT2D eigenvalue weighted by Crippen LogP contribution is 2.31. The molecule has 210 valence electrons. The first-order chi connectivity index (χ1) is 20.2. The van der Waals surface area contributed by atoms with Gasteiger partial charge in [0.1, 0.15) is 5.75 Å². The maximum absolute atomic E-state index is 12.6. The fraction of sp³-hybridized carbons (Fsp3) is 0.281. The van der Waals surface area contributed by atoms with Gasteiger partial charge >= 0.3 is 5.97 Å². The Labute approximate surface area is 242 Å². The lowest BCUT2D eigenvalue weighted by Gasteiger charge is -2.36. The Morgan fingerprint density at radius 3 is 2.68 bits per heavy atom. The van der Waals surface area contributed by atoms with E-state index in [1.807, 2.05) is 18.2 Å². The van der Waals surface area contributed by atoms with E-state index in [1.54, 1.807) is 35.7 Å². The number of ether oxygens (including phenoxy) is 2. The summed E-state index contributed by atoms with van der Waals surface area (Å²) in [4.78, 5) is 33.9. The van der Waals surface area contributed by atoms with E-state index in [9.17, 15) is 9.59 Å². The average molecular weight is 569 g/mol. The number of hydrogen-bond donors (Lipinski definition) is 0. The molecule has 8 nitrogen and oxygen atoms in total. The summed E-state index contributed by atoms with van der Waals surface area (Å²) < 4.78 is 14.2. The van der Waals surface area contributed by atoms with E-state index in [4.69, 9.17) is 9.47 Å². The molecule has 1 fully saturated rings. The summed E-state index contributed by atoms with van der Waals surface area (Å²) >= 11 is 1.80. The normalized spacial score (nSPS) is 14.0. The monoisotopic (exact) mass is 568 g/mol. The molecule has 0 radical (unpaired) electrons. The molecule has 0 atom stereocenters. The van der Waals surface area contributed by atoms with Crippen molar-refractivity contribution < 1.29 is 14.3 Å². The molecule has 0 unspecified atom stereocenters. The summed E-state index contributed by atoms with van der Waals surface area (Å²) in [6.07, 6.45) is 5.02. The minimum atomic E-state index is -0.532. The van der Waals surface area contributed by atoms with Crippen LogP contribution in [0, 0.1) is 0 Å². The van der Waals surface area contributed by atoms with E-state index in [-0.39, 0.29) is 12.3 Å². The van der Waals surface area contributed by atoms with Gasteiger partial charge in [0.2, 0.25) is 0 Å². The average Bonchev–Trinajstić information content (AvgIpc) is 3.50. The van der Waals surface area contributed by atoms with Gasteiger partial charge < -0.3 is 14.4 Å². The lowest BCUT2D eigenvalue weighted by Crippen LogP contribution is -2.46. The van der Waals surface area contributed by atoms with E-state index in [1.165, 1.54) is 32.6 Å². The predicted molar refractivity (Wildman–Crippen MR) is 163 cm³/mol. The molecule has 4 heterocycles. The number of aromatic nitrogens is 2. The Kier molecular flexibility index (Phi) is 8.25. The van der Waals surface area contributed by atoms with Crippen molar-refractivity contribution >= 4 is 44.0 Å². The van der Waals surface area contributed by atoms with Gasteiger partial charge in [-0.3, -0.25) is 19.2 Å². The molecule has 41 heavy (non-hydrogen) atoms. The van der Waals surface area contributed by atoms with E-state index in [2.05, 4.69) is 44.4 Å². The fourth-order valence-electron chi connectivity index (χ4n) is 5.27. The van der Waals surface area contributed by atoms with E-state index >= 15 is 0 Å². The van der Waals surface area contributed by atoms with E-state index in [0.717, 1.165) is 51.0 Å². The molecule has 3 aromatic heterocycles. The highest BCUT2D eigenvalue weighted by atomic mass is 32.1. The zero-order valence-electron chi connectivity index (χ0n) is 22.8. The standard InChI is InChI=1S/C32H32N4O4S/c37-31-11-9-24-8-10-26(21-29(24)36(31)23-40-32(38)25-5-4-13-33-22-25)39-19-2-1-14-34-15-17-35(18-16-34)28-6-3-7-30-27(28)12-20-41-30/h3-13,20-22H,1-2,14-19,23H2. The minimum Gasteiger partial charge on any atom is -0.494 e. The van der Waals surface area contributed by atoms with Crippen LogP contribution in [0.1, 0.15) is 23.2 Å². The van der Waals surface area contributed by atoms with Crippen molar-refractivity contribution in [2.24, 2.45) is 0 Å². The third kappa shape index (κ3) is 6.26. The Hall–Kier alpha value is -4.21. The topological polar surface area (TPSA) is 76.9 Å². The van der Waals surface area contributed by atoms with Crippen LogP contribution in [0.3, 0.4) is 0 Å². The number of pyridine rings is 2. The van der Waals surface area contributed by atoms with Crippen LogP contribution in [0.25, 0.3) is 21.0 Å². The van der Waals surface area contributed by atoms with E-state index < -0.39 is 5.97 Å². The molecular weight excluding hydrogens is 536 g/mol. The zero-order chi connectivity index (χ0) is 28.0. The lowest BCUT2D eigenvalue weighted by atomic mass is 10.2. The molecule has 9 heteroatoms. The molecule has 0 N–H and O–H groups in total. The van der Waals surface area contributed by atoms with Crippen molar-refractivity contribution in [2.75, 3.05) is 44.2 Å². The summed E-state index contributed by atoms with van der Waals surface area (Å²) in [5.41, 5.74) is 2.10. The van der Waals surface area contributed by atoms with Crippen molar-refractivity contribution in [3.8, 4) is 5.75 Å². The van der Waals surface area contributed by atoms with Crippen molar-refractivity contribution in [3.63, 3.8) is 0 Å².